The second-order valence-corrected chi connectivity index (χ2v) is 3.03. The molecule has 0 aliphatic carbocycles. The van der Waals surface area contributed by atoms with Gasteiger partial charge >= 0.3 is 79.4 Å². The second-order valence-electron chi connectivity index (χ2n) is 2.36. The molecule has 0 spiro atoms. The van der Waals surface area contributed by atoms with Crippen LogP contribution < -0.4 is 0 Å². The van der Waals surface area contributed by atoms with E-state index in [1.165, 1.54) is 0 Å². The number of carbonyl (C=O) groups excluding carboxylic acids is 1. The Morgan fingerprint density at radius 1 is 1.55 bits per heavy atom. The molecule has 0 aromatic rings. The molecular weight excluding hydrogens is 258 g/mol. The Bertz CT molecular complexity index is 124. The molecule has 0 aromatic carbocycles. The van der Waals surface area contributed by atoms with Gasteiger partial charge in [-0.25, -0.2) is 0 Å². The average Bonchev–Trinajstić information content (AvgIpc) is 2.08. The van der Waals surface area contributed by atoms with Gasteiger partial charge in [0.15, 0.2) is 0 Å². The summed E-state index contributed by atoms with van der Waals surface area (Å²) in [7, 11) is 0. The van der Waals surface area contributed by atoms with Crippen molar-refractivity contribution in [1.29, 1.82) is 0 Å². The van der Waals surface area contributed by atoms with E-state index < -0.39 is 11.4 Å². The van der Waals surface area contributed by atoms with Gasteiger partial charge in [0.05, 0.1) is 0 Å². The summed E-state index contributed by atoms with van der Waals surface area (Å²) in [4.78, 5) is 11.0. The van der Waals surface area contributed by atoms with E-state index in [0.717, 1.165) is 0 Å². The van der Waals surface area contributed by atoms with E-state index in [1.54, 1.807) is 6.92 Å². The van der Waals surface area contributed by atoms with Gasteiger partial charge in [0.2, 0.25) is 0 Å². The van der Waals surface area contributed by atoms with Crippen molar-refractivity contribution in [3.05, 3.63) is 0 Å². The summed E-state index contributed by atoms with van der Waals surface area (Å²) in [5.74, 6) is -0.507. The molecule has 0 amide bonds. The van der Waals surface area contributed by atoms with E-state index in [9.17, 15) is 4.79 Å². The monoisotopic (exact) mass is 270 g/mol. The van der Waals surface area contributed by atoms with Crippen LogP contribution in [0.1, 0.15) is 13.3 Å². The molecule has 0 fully saturated rings. The van der Waals surface area contributed by atoms with Crippen LogP contribution in [0.3, 0.4) is 0 Å². The molecule has 0 aliphatic rings. The van der Waals surface area contributed by atoms with E-state index in [-0.39, 0.29) is 13.2 Å². The summed E-state index contributed by atoms with van der Waals surface area (Å²) < 4.78 is 4.56. The fourth-order valence-electron chi connectivity index (χ4n) is 0.672. The predicted molar refractivity (Wildman–Crippen MR) is 41.5 cm³/mol. The summed E-state index contributed by atoms with van der Waals surface area (Å²) in [5, 5.41) is 17.7. The molecule has 0 unspecified atom stereocenters. The van der Waals surface area contributed by atoms with Gasteiger partial charge in [0.25, 0.3) is 0 Å². The summed E-state index contributed by atoms with van der Waals surface area (Å²) >= 11 is 0.356. The van der Waals surface area contributed by atoms with Crippen molar-refractivity contribution in [3.63, 3.8) is 0 Å². The van der Waals surface area contributed by atoms with Crippen molar-refractivity contribution < 1.29 is 18.0 Å². The summed E-state index contributed by atoms with van der Waals surface area (Å²) in [6, 6.07) is 0. The van der Waals surface area contributed by atoms with Gasteiger partial charge < -0.3 is 0 Å². The molecule has 0 heterocycles. The van der Waals surface area contributed by atoms with Crippen LogP contribution in [0.15, 0.2) is 0 Å². The summed E-state index contributed by atoms with van der Waals surface area (Å²) in [6.07, 6.45) is 0.389. The van der Waals surface area contributed by atoms with Crippen molar-refractivity contribution in [2.24, 2.45) is 5.41 Å². The van der Waals surface area contributed by atoms with Crippen molar-refractivity contribution in [1.82, 2.24) is 0 Å². The zero-order valence-corrected chi connectivity index (χ0v) is 9.71. The average molecular weight is 271 g/mol. The van der Waals surface area contributed by atoms with Crippen LogP contribution in [-0.2, 0) is 7.81 Å². The molecule has 0 saturated heterocycles. The number of hydrogen-bond acceptors (Lipinski definition) is 4. The predicted octanol–water partition coefficient (Wildman–Crippen LogP) is -1.54. The van der Waals surface area contributed by atoms with E-state index >= 15 is 0 Å². The minimum atomic E-state index is -1.08. The Hall–Kier alpha value is 0.208. The Kier molecular flexibility index (Phi) is 5.06. The van der Waals surface area contributed by atoms with Gasteiger partial charge in [-0.15, -0.1) is 0 Å². The van der Waals surface area contributed by atoms with Gasteiger partial charge in [-0.3, -0.25) is 0 Å². The van der Waals surface area contributed by atoms with Crippen molar-refractivity contribution in [2.45, 2.75) is 13.3 Å². The van der Waals surface area contributed by atoms with Crippen molar-refractivity contribution in [2.75, 3.05) is 13.2 Å². The first-order valence-electron chi connectivity index (χ1n) is 3.29. The molecule has 0 atom stereocenters. The molecule has 0 bridgehead atoms. The normalized spacial score (nSPS) is 11.3. The Morgan fingerprint density at radius 3 is 2.09 bits per heavy atom. The van der Waals surface area contributed by atoms with E-state index in [4.69, 9.17) is 10.2 Å². The Morgan fingerprint density at radius 2 is 2.00 bits per heavy atom. The maximum atomic E-state index is 11.0. The summed E-state index contributed by atoms with van der Waals surface area (Å²) in [6.45, 7) is 1.00. The van der Waals surface area contributed by atoms with Crippen molar-refractivity contribution in [3.8, 4) is 0 Å². The molecule has 2 N–H and O–H groups in total. The SMILES string of the molecule is CCC(CO)(CO)C(=O)[O][SbH2]. The Labute approximate surface area is 79.6 Å². The third kappa shape index (κ3) is 2.32. The van der Waals surface area contributed by atoms with Crippen LogP contribution in [0.4, 0.5) is 0 Å². The third-order valence-corrected chi connectivity index (χ3v) is 2.43. The van der Waals surface area contributed by atoms with E-state index in [0.29, 0.717) is 29.9 Å². The molecule has 66 valence electrons. The molecule has 11 heavy (non-hydrogen) atoms. The number of aliphatic hydroxyl groups is 2. The standard InChI is InChI=1S/C6H12O4.Sb.2H/c1-2-6(3-7,4-8)5(9)10;;;/h7-8H,2-4H2,1H3,(H,9,10);;;/q;+1;;/p-1. The van der Waals surface area contributed by atoms with Gasteiger partial charge in [-0.05, 0) is 0 Å². The van der Waals surface area contributed by atoms with Gasteiger partial charge in [0, 0.05) is 0 Å². The van der Waals surface area contributed by atoms with Crippen LogP contribution in [0.5, 0.6) is 0 Å². The molecule has 0 aliphatic heterocycles. The van der Waals surface area contributed by atoms with Crippen LogP contribution >= 0.6 is 0 Å². The Balaban J connectivity index is 4.39. The van der Waals surface area contributed by atoms with Crippen LogP contribution in [0.2, 0.25) is 0 Å². The number of rotatable bonds is 4. The van der Waals surface area contributed by atoms with Gasteiger partial charge in [-0.1, -0.05) is 0 Å². The number of carbonyl (C=O) groups is 1. The zero-order valence-electron chi connectivity index (χ0n) is 6.41. The summed E-state index contributed by atoms with van der Waals surface area (Å²) in [5.41, 5.74) is -1.08. The zero-order chi connectivity index (χ0) is 8.91. The maximum absolute atomic E-state index is 11.0. The van der Waals surface area contributed by atoms with Crippen molar-refractivity contribution >= 4 is 29.4 Å². The molecule has 0 radical (unpaired) electrons. The number of hydrogen-bond donors (Lipinski definition) is 2. The van der Waals surface area contributed by atoms with E-state index in [1.807, 2.05) is 0 Å². The molecule has 5 heteroatoms. The number of aliphatic hydroxyl groups excluding tert-OH is 2. The first kappa shape index (κ1) is 11.2. The van der Waals surface area contributed by atoms with Gasteiger partial charge in [0.1, 0.15) is 0 Å². The molecule has 0 rings (SSSR count). The third-order valence-electron chi connectivity index (χ3n) is 1.82. The molecular formula is C6H13O4Sb. The molecule has 0 aromatic heterocycles. The van der Waals surface area contributed by atoms with Gasteiger partial charge in [-0.2, -0.15) is 0 Å². The fourth-order valence-corrected chi connectivity index (χ4v) is 1.39. The van der Waals surface area contributed by atoms with E-state index in [2.05, 4.69) is 3.02 Å². The fraction of sp³-hybridized carbons (Fsp3) is 0.833. The minimum absolute atomic E-state index is 0.356. The quantitative estimate of drug-likeness (QED) is 0.608. The molecule has 4 nitrogen and oxygen atoms in total. The van der Waals surface area contributed by atoms with Crippen LogP contribution in [0.25, 0.3) is 0 Å². The first-order chi connectivity index (χ1) is 5.16. The van der Waals surface area contributed by atoms with Crippen LogP contribution in [0, 0.1) is 5.41 Å². The second kappa shape index (κ2) is 4.96. The molecule has 0 saturated carbocycles. The van der Waals surface area contributed by atoms with Crippen LogP contribution in [-0.4, -0.2) is 52.8 Å². The topological polar surface area (TPSA) is 66.8 Å². The first-order valence-corrected chi connectivity index (χ1v) is 4.64.